The lowest BCUT2D eigenvalue weighted by Gasteiger charge is -2.14. The lowest BCUT2D eigenvalue weighted by atomic mass is 10.1. The Balaban J connectivity index is 1.86. The molecule has 0 fully saturated rings. The number of aliphatic carboxylic acids is 1. The van der Waals surface area contributed by atoms with Crippen LogP contribution in [0.4, 0.5) is 0 Å². The van der Waals surface area contributed by atoms with Crippen LogP contribution in [-0.4, -0.2) is 41.6 Å². The van der Waals surface area contributed by atoms with Crippen LogP contribution in [0.15, 0.2) is 48.5 Å². The summed E-state index contributed by atoms with van der Waals surface area (Å²) >= 11 is 0. The van der Waals surface area contributed by atoms with E-state index >= 15 is 0 Å². The zero-order valence-corrected chi connectivity index (χ0v) is 18.2. The van der Waals surface area contributed by atoms with Crippen LogP contribution in [0.2, 0.25) is 0 Å². The number of hydrogen-bond donors (Lipinski definition) is 4. The summed E-state index contributed by atoms with van der Waals surface area (Å²) in [7, 11) is -2.88. The van der Waals surface area contributed by atoms with Crippen molar-refractivity contribution in [1.29, 1.82) is 0 Å². The molecule has 0 heterocycles. The van der Waals surface area contributed by atoms with Crippen molar-refractivity contribution in [2.75, 3.05) is 13.7 Å². The topological polar surface area (TPSA) is 167 Å². The summed E-state index contributed by atoms with van der Waals surface area (Å²) in [6, 6.07) is 12.0. The number of carbonyl (C=O) groups is 2. The summed E-state index contributed by atoms with van der Waals surface area (Å²) in [5, 5.41) is 8.66. The number of carboxylic acid groups (broad SMARTS) is 1. The molecule has 2 atom stereocenters. The minimum Gasteiger partial charge on any atom is -0.480 e. The first kappa shape index (κ1) is 25.5. The molecule has 174 valence electrons. The average Bonchev–Trinajstić information content (AvgIpc) is 2.76. The van der Waals surface area contributed by atoms with Crippen molar-refractivity contribution < 1.29 is 42.8 Å². The third-order valence-corrected chi connectivity index (χ3v) is 4.97. The largest absolute Gasteiger partial charge is 0.480 e. The molecule has 0 saturated carbocycles. The standard InChI is InChI=1S/C20H25N2O9P/c1-22-31-18-8-3-2-6-15(18)9-10-19(23)30-16-7-4-5-14(11-16)12-28-32(26,27)29-13-17(21)20(24)25/h2-8,11,17,22H,9-10,12-13,21H2,1H3,(H,24,25)(H,26,27)/t17-/m0/s1. The Morgan fingerprint density at radius 3 is 2.62 bits per heavy atom. The number of hydroxylamine groups is 1. The lowest BCUT2D eigenvalue weighted by Crippen LogP contribution is -2.34. The second-order valence-electron chi connectivity index (χ2n) is 6.52. The van der Waals surface area contributed by atoms with Gasteiger partial charge in [-0.25, -0.2) is 4.57 Å². The van der Waals surface area contributed by atoms with Crippen molar-refractivity contribution in [3.63, 3.8) is 0 Å². The van der Waals surface area contributed by atoms with Crippen LogP contribution in [-0.2, 0) is 36.2 Å². The molecule has 0 aromatic heterocycles. The Morgan fingerprint density at radius 1 is 1.16 bits per heavy atom. The van der Waals surface area contributed by atoms with E-state index < -0.39 is 32.4 Å². The maximum absolute atomic E-state index is 12.2. The molecule has 0 radical (unpaired) electrons. The number of hydrogen-bond acceptors (Lipinski definition) is 9. The molecule has 32 heavy (non-hydrogen) atoms. The number of esters is 1. The van der Waals surface area contributed by atoms with E-state index in [9.17, 15) is 19.0 Å². The van der Waals surface area contributed by atoms with E-state index in [1.54, 1.807) is 31.3 Å². The smallest absolute Gasteiger partial charge is 0.472 e. The molecule has 2 rings (SSSR count). The van der Waals surface area contributed by atoms with E-state index in [-0.39, 0.29) is 18.8 Å². The zero-order chi connectivity index (χ0) is 23.6. The normalized spacial score (nSPS) is 13.7. The van der Waals surface area contributed by atoms with Crippen molar-refractivity contribution in [1.82, 2.24) is 5.48 Å². The van der Waals surface area contributed by atoms with E-state index in [0.717, 1.165) is 5.56 Å². The van der Waals surface area contributed by atoms with Gasteiger partial charge >= 0.3 is 19.8 Å². The van der Waals surface area contributed by atoms with Crippen LogP contribution in [0, 0.1) is 0 Å². The molecule has 2 aromatic rings. The lowest BCUT2D eigenvalue weighted by molar-refractivity contribution is -0.139. The number of carboxylic acids is 1. The summed E-state index contributed by atoms with van der Waals surface area (Å²) in [5.74, 6) is -1.00. The first-order valence-electron chi connectivity index (χ1n) is 9.51. The first-order chi connectivity index (χ1) is 15.2. The van der Waals surface area contributed by atoms with E-state index in [1.165, 1.54) is 6.07 Å². The van der Waals surface area contributed by atoms with Crippen molar-refractivity contribution in [2.24, 2.45) is 5.73 Å². The molecule has 5 N–H and O–H groups in total. The summed E-state index contributed by atoms with van der Waals surface area (Å²) < 4.78 is 26.5. The fourth-order valence-electron chi connectivity index (χ4n) is 2.48. The highest BCUT2D eigenvalue weighted by molar-refractivity contribution is 7.47. The van der Waals surface area contributed by atoms with Crippen molar-refractivity contribution in [2.45, 2.75) is 25.5 Å². The Labute approximate surface area is 184 Å². The molecule has 0 amide bonds. The molecule has 1 unspecified atom stereocenters. The Bertz CT molecular complexity index is 970. The molecule has 0 spiro atoms. The van der Waals surface area contributed by atoms with Crippen LogP contribution in [0.5, 0.6) is 11.5 Å². The number of aryl methyl sites for hydroxylation is 1. The minimum atomic E-state index is -4.52. The number of carbonyl (C=O) groups excluding carboxylic acids is 1. The van der Waals surface area contributed by atoms with Gasteiger partial charge in [-0.1, -0.05) is 30.3 Å². The van der Waals surface area contributed by atoms with Gasteiger partial charge in [0.15, 0.2) is 0 Å². The summed E-state index contributed by atoms with van der Waals surface area (Å²) in [4.78, 5) is 37.8. The van der Waals surface area contributed by atoms with Gasteiger partial charge in [-0.3, -0.25) is 18.6 Å². The van der Waals surface area contributed by atoms with Crippen molar-refractivity contribution in [3.8, 4) is 11.5 Å². The van der Waals surface area contributed by atoms with E-state index in [4.69, 9.17) is 24.9 Å². The maximum atomic E-state index is 12.2. The quantitative estimate of drug-likeness (QED) is 0.146. The van der Waals surface area contributed by atoms with Gasteiger partial charge in [0.2, 0.25) is 0 Å². The number of nitrogens with two attached hydrogens (primary N) is 1. The van der Waals surface area contributed by atoms with Gasteiger partial charge in [0.1, 0.15) is 17.5 Å². The molecule has 0 aliphatic heterocycles. The third kappa shape index (κ3) is 8.75. The number of nitrogens with one attached hydrogen (secondary N) is 1. The van der Waals surface area contributed by atoms with Gasteiger partial charge in [0.05, 0.1) is 19.6 Å². The van der Waals surface area contributed by atoms with Crippen molar-refractivity contribution >= 4 is 19.8 Å². The molecule has 12 heteroatoms. The fraction of sp³-hybridized carbons (Fsp3) is 0.300. The van der Waals surface area contributed by atoms with Crippen molar-refractivity contribution in [3.05, 3.63) is 59.7 Å². The predicted octanol–water partition coefficient (Wildman–Crippen LogP) is 1.78. The molecule has 0 bridgehead atoms. The Morgan fingerprint density at radius 2 is 1.91 bits per heavy atom. The number of rotatable bonds is 13. The predicted molar refractivity (Wildman–Crippen MR) is 113 cm³/mol. The minimum absolute atomic E-state index is 0.105. The van der Waals surface area contributed by atoms with Crippen LogP contribution in [0.1, 0.15) is 17.5 Å². The Kier molecular flexibility index (Phi) is 9.79. The van der Waals surface area contributed by atoms with Crippen LogP contribution < -0.4 is 20.8 Å². The number of phosphoric acid groups is 1. The summed E-state index contributed by atoms with van der Waals surface area (Å²) in [6.07, 6.45) is 0.511. The highest BCUT2D eigenvalue weighted by atomic mass is 31.2. The number of ether oxygens (including phenoxy) is 1. The highest BCUT2D eigenvalue weighted by Gasteiger charge is 2.24. The monoisotopic (exact) mass is 468 g/mol. The van der Waals surface area contributed by atoms with Crippen LogP contribution in [0.25, 0.3) is 0 Å². The summed E-state index contributed by atoms with van der Waals surface area (Å²) in [6.45, 7) is -1.03. The van der Waals surface area contributed by atoms with E-state index in [2.05, 4.69) is 10.0 Å². The fourth-order valence-corrected chi connectivity index (χ4v) is 3.21. The second-order valence-corrected chi connectivity index (χ2v) is 7.97. The maximum Gasteiger partial charge on any atom is 0.472 e. The Hall–Kier alpha value is -2.79. The van der Waals surface area contributed by atoms with Gasteiger partial charge < -0.3 is 25.3 Å². The zero-order valence-electron chi connectivity index (χ0n) is 17.3. The molecule has 11 nitrogen and oxygen atoms in total. The molecule has 0 aliphatic rings. The second kappa shape index (κ2) is 12.3. The molecule has 0 saturated heterocycles. The average molecular weight is 468 g/mol. The van der Waals surface area contributed by atoms with Gasteiger partial charge in [0, 0.05) is 7.05 Å². The SMILES string of the molecule is CNOc1ccccc1CCC(=O)Oc1cccc(COP(=O)(O)OC[C@H](N)C(=O)O)c1. The number of para-hydroxylation sites is 1. The van der Waals surface area contributed by atoms with Crippen LogP contribution >= 0.6 is 7.82 Å². The number of benzene rings is 2. The van der Waals surface area contributed by atoms with Crippen LogP contribution in [0.3, 0.4) is 0 Å². The number of phosphoric ester groups is 1. The van der Waals surface area contributed by atoms with Gasteiger partial charge in [-0.2, -0.15) is 5.48 Å². The van der Waals surface area contributed by atoms with Gasteiger partial charge in [-0.15, -0.1) is 0 Å². The van der Waals surface area contributed by atoms with E-state index in [1.807, 2.05) is 18.2 Å². The molecule has 2 aromatic carbocycles. The molecular formula is C20H25N2O9P. The summed E-state index contributed by atoms with van der Waals surface area (Å²) in [5.41, 5.74) is 9.07. The third-order valence-electron chi connectivity index (χ3n) is 4.04. The highest BCUT2D eigenvalue weighted by Crippen LogP contribution is 2.44. The molecular weight excluding hydrogens is 443 g/mol. The van der Waals surface area contributed by atoms with E-state index in [0.29, 0.717) is 17.7 Å². The van der Waals surface area contributed by atoms with Gasteiger partial charge in [0.25, 0.3) is 0 Å². The first-order valence-corrected chi connectivity index (χ1v) is 11.0. The molecule has 0 aliphatic carbocycles. The van der Waals surface area contributed by atoms with Gasteiger partial charge in [-0.05, 0) is 35.7 Å².